The normalized spacial score (nSPS) is 24.6. The number of anilines is 3. The fraction of sp³-hybridized carbons (Fsp3) is 0.529. The summed E-state index contributed by atoms with van der Waals surface area (Å²) in [5.74, 6) is -0.966. The first-order chi connectivity index (χ1) is 21.8. The molecule has 4 aliphatic rings. The smallest absolute Gasteiger partial charge is 0.369 e. The summed E-state index contributed by atoms with van der Waals surface area (Å²) in [7, 11) is 1.67. The number of piperidine rings is 1. The maximum Gasteiger partial charge on any atom is 0.416 e. The lowest BCUT2D eigenvalue weighted by atomic mass is 9.91. The minimum atomic E-state index is -4.62. The molecule has 1 aromatic heterocycles. The van der Waals surface area contributed by atoms with E-state index in [-0.39, 0.29) is 29.7 Å². The molecule has 2 aromatic rings. The summed E-state index contributed by atoms with van der Waals surface area (Å²) in [6, 6.07) is 6.99. The van der Waals surface area contributed by atoms with Crippen LogP contribution in [0.2, 0.25) is 0 Å². The maximum absolute atomic E-state index is 14.1. The first kappa shape index (κ1) is 32.0. The van der Waals surface area contributed by atoms with Crippen LogP contribution < -0.4 is 14.7 Å². The molecule has 0 bridgehead atoms. The van der Waals surface area contributed by atoms with E-state index in [1.807, 2.05) is 30.0 Å². The van der Waals surface area contributed by atoms with E-state index in [2.05, 4.69) is 21.4 Å². The molecule has 0 spiro atoms. The second-order valence-electron chi connectivity index (χ2n) is 13.2. The molecule has 9 nitrogen and oxygen atoms in total. The molecule has 3 amide bonds. The molecule has 3 saturated heterocycles. The Labute approximate surface area is 267 Å². The van der Waals surface area contributed by atoms with Crippen LogP contribution >= 0.6 is 0 Å². The summed E-state index contributed by atoms with van der Waals surface area (Å²) in [6.07, 6.45) is -0.289. The Balaban J connectivity index is 1.26. The highest BCUT2D eigenvalue weighted by Gasteiger charge is 2.49. The summed E-state index contributed by atoms with van der Waals surface area (Å²) >= 11 is 0. The number of hydrogen-bond donors (Lipinski definition) is 0. The summed E-state index contributed by atoms with van der Waals surface area (Å²) in [5.41, 5.74) is 1.91. The van der Waals surface area contributed by atoms with Gasteiger partial charge in [0.25, 0.3) is 0 Å². The van der Waals surface area contributed by atoms with Crippen molar-refractivity contribution in [1.82, 2.24) is 14.8 Å². The molecule has 5 heterocycles. The number of benzene rings is 1. The van der Waals surface area contributed by atoms with Gasteiger partial charge in [-0.15, -0.1) is 0 Å². The quantitative estimate of drug-likeness (QED) is 0.452. The van der Waals surface area contributed by atoms with Crippen LogP contribution in [0.1, 0.15) is 42.5 Å². The predicted octanol–water partition coefficient (Wildman–Crippen LogP) is 4.42. The molecule has 0 aliphatic carbocycles. The van der Waals surface area contributed by atoms with Crippen LogP contribution in [0.5, 0.6) is 0 Å². The molecular weight excluding hydrogens is 597 g/mol. The highest BCUT2D eigenvalue weighted by Crippen LogP contribution is 2.42. The van der Waals surface area contributed by atoms with Crippen molar-refractivity contribution in [2.24, 2.45) is 11.8 Å². The highest BCUT2D eigenvalue weighted by molar-refractivity contribution is 6.10. The number of halogens is 3. The highest BCUT2D eigenvalue weighted by atomic mass is 19.4. The molecule has 1 aromatic carbocycles. The van der Waals surface area contributed by atoms with E-state index in [4.69, 9.17) is 0 Å². The van der Waals surface area contributed by atoms with Gasteiger partial charge in [0.2, 0.25) is 17.7 Å². The van der Waals surface area contributed by atoms with Crippen LogP contribution in [-0.4, -0.2) is 90.9 Å². The van der Waals surface area contributed by atoms with E-state index < -0.39 is 29.6 Å². The van der Waals surface area contributed by atoms with Gasteiger partial charge in [0.05, 0.1) is 16.9 Å². The van der Waals surface area contributed by atoms with Crippen molar-refractivity contribution < 1.29 is 27.6 Å². The zero-order chi connectivity index (χ0) is 32.9. The number of aromatic nitrogens is 1. The van der Waals surface area contributed by atoms with E-state index in [0.29, 0.717) is 24.2 Å². The van der Waals surface area contributed by atoms with E-state index in [0.717, 1.165) is 75.4 Å². The molecule has 0 N–H and O–H groups in total. The number of rotatable bonds is 5. The van der Waals surface area contributed by atoms with Gasteiger partial charge in [-0.25, -0.2) is 4.98 Å². The Morgan fingerprint density at radius 2 is 1.80 bits per heavy atom. The van der Waals surface area contributed by atoms with Gasteiger partial charge < -0.3 is 14.7 Å². The average molecular weight is 639 g/mol. The van der Waals surface area contributed by atoms with Crippen molar-refractivity contribution >= 4 is 34.9 Å². The van der Waals surface area contributed by atoms with Crippen molar-refractivity contribution in [3.05, 3.63) is 59.8 Å². The number of para-hydroxylation sites is 1. The van der Waals surface area contributed by atoms with Crippen molar-refractivity contribution in [3.8, 4) is 0 Å². The van der Waals surface area contributed by atoms with Gasteiger partial charge in [-0.2, -0.15) is 13.2 Å². The summed E-state index contributed by atoms with van der Waals surface area (Å²) in [5, 5.41) is 0. The third kappa shape index (κ3) is 5.99. The zero-order valence-corrected chi connectivity index (χ0v) is 26.6. The van der Waals surface area contributed by atoms with E-state index in [1.54, 1.807) is 11.9 Å². The topological polar surface area (TPSA) is 80.3 Å². The molecule has 0 unspecified atom stereocenters. The Bertz CT molecular complexity index is 1540. The van der Waals surface area contributed by atoms with Gasteiger partial charge in [0, 0.05) is 57.3 Å². The van der Waals surface area contributed by atoms with Crippen molar-refractivity contribution in [2.45, 2.75) is 57.8 Å². The lowest BCUT2D eigenvalue weighted by Gasteiger charge is -2.42. The minimum absolute atomic E-state index is 0.0202. The van der Waals surface area contributed by atoms with Gasteiger partial charge in [0.1, 0.15) is 11.9 Å². The molecule has 0 radical (unpaired) electrons. The average Bonchev–Trinajstić information content (AvgIpc) is 3.63. The van der Waals surface area contributed by atoms with Crippen LogP contribution in [-0.2, 0) is 20.6 Å². The third-order valence-electron chi connectivity index (χ3n) is 10.2. The standard InChI is InChI=1S/C34H41F3N6O3/c1-5-29(44)41-14-11-26(20-41)40-12-9-23(10-13-40)18-42-19-24-16-30(45)43(28-17-25(34(35,36)37)15-22(3)38-28)32(24)33(46)39(4)27-8-6-7-21(2)31(27)42/h5-8,15,17,23-24,26,32H,1,9-14,16,18-20H2,2-4H3/t24-,26-,32+/m1/s1. The van der Waals surface area contributed by atoms with E-state index >= 15 is 0 Å². The number of carbonyl (C=O) groups is 3. The number of pyridine rings is 1. The number of amides is 3. The number of nitrogens with zero attached hydrogens (tertiary/aromatic N) is 6. The molecular formula is C34H41F3N6O3. The monoisotopic (exact) mass is 638 g/mol. The fourth-order valence-electron chi connectivity index (χ4n) is 7.85. The van der Waals surface area contributed by atoms with Gasteiger partial charge >= 0.3 is 6.18 Å². The molecule has 3 atom stereocenters. The third-order valence-corrected chi connectivity index (χ3v) is 10.2. The Morgan fingerprint density at radius 1 is 1.07 bits per heavy atom. The van der Waals surface area contributed by atoms with Gasteiger partial charge in [-0.05, 0) is 82.0 Å². The second kappa shape index (κ2) is 12.4. The summed E-state index contributed by atoms with van der Waals surface area (Å²) in [6.45, 7) is 11.6. The Kier molecular flexibility index (Phi) is 8.60. The first-order valence-electron chi connectivity index (χ1n) is 16.0. The minimum Gasteiger partial charge on any atom is -0.369 e. The molecule has 3 fully saturated rings. The predicted molar refractivity (Wildman–Crippen MR) is 170 cm³/mol. The van der Waals surface area contributed by atoms with Gasteiger partial charge in [-0.1, -0.05) is 18.7 Å². The van der Waals surface area contributed by atoms with Crippen LogP contribution in [0.15, 0.2) is 43.0 Å². The van der Waals surface area contributed by atoms with Gasteiger partial charge in [0.15, 0.2) is 0 Å². The Morgan fingerprint density at radius 3 is 2.50 bits per heavy atom. The number of alkyl halides is 3. The lowest BCUT2D eigenvalue weighted by molar-refractivity contribution is -0.137. The van der Waals surface area contributed by atoms with Crippen molar-refractivity contribution in [1.29, 1.82) is 0 Å². The molecule has 0 saturated carbocycles. The summed E-state index contributed by atoms with van der Waals surface area (Å²) in [4.78, 5) is 53.5. The molecule has 6 rings (SSSR count). The Hall–Kier alpha value is -3.93. The van der Waals surface area contributed by atoms with Crippen molar-refractivity contribution in [2.75, 3.05) is 61.0 Å². The number of aryl methyl sites for hydroxylation is 2. The number of fused-ring (bicyclic) bond motifs is 2. The van der Waals surface area contributed by atoms with E-state index in [1.165, 1.54) is 17.9 Å². The lowest BCUT2D eigenvalue weighted by Crippen LogP contribution is -2.53. The fourth-order valence-corrected chi connectivity index (χ4v) is 7.85. The van der Waals surface area contributed by atoms with Crippen LogP contribution in [0.25, 0.3) is 0 Å². The van der Waals surface area contributed by atoms with Crippen LogP contribution in [0.4, 0.5) is 30.4 Å². The SMILES string of the molecule is C=CC(=O)N1CC[C@@H](N2CCC(CN3C[C@H]4CC(=O)N(c5cc(C(F)(F)F)cc(C)n5)[C@@H]4C(=O)N(C)c4cccc(C)c43)CC2)C1. The van der Waals surface area contributed by atoms with Crippen molar-refractivity contribution in [3.63, 3.8) is 0 Å². The van der Waals surface area contributed by atoms with E-state index in [9.17, 15) is 27.6 Å². The van der Waals surface area contributed by atoms with Crippen LogP contribution in [0, 0.1) is 25.7 Å². The maximum atomic E-state index is 14.1. The molecule has 46 heavy (non-hydrogen) atoms. The molecule has 246 valence electrons. The van der Waals surface area contributed by atoms with Crippen LogP contribution in [0.3, 0.4) is 0 Å². The number of likely N-dealkylation sites (tertiary alicyclic amines) is 2. The molecule has 12 heteroatoms. The summed E-state index contributed by atoms with van der Waals surface area (Å²) < 4.78 is 41.2. The second-order valence-corrected chi connectivity index (χ2v) is 13.2. The molecule has 4 aliphatic heterocycles. The number of carbonyl (C=O) groups excluding carboxylic acids is 3. The first-order valence-corrected chi connectivity index (χ1v) is 16.0. The zero-order valence-electron chi connectivity index (χ0n) is 26.6. The van der Waals surface area contributed by atoms with Gasteiger partial charge in [-0.3, -0.25) is 24.2 Å². The number of likely N-dealkylation sites (N-methyl/N-ethyl adjacent to an activating group) is 1. The largest absolute Gasteiger partial charge is 0.416 e. The number of hydrogen-bond acceptors (Lipinski definition) is 6.